The summed E-state index contributed by atoms with van der Waals surface area (Å²) in [6.07, 6.45) is 6.79. The number of carbonyl (C=O) groups excluding carboxylic acids is 1. The van der Waals surface area contributed by atoms with Crippen molar-refractivity contribution >= 4 is 5.91 Å². The molecule has 5 heteroatoms. The number of nitrogens with one attached hydrogen (secondary N) is 1. The molecule has 0 bridgehead atoms. The zero-order valence-corrected chi connectivity index (χ0v) is 17.3. The maximum absolute atomic E-state index is 13.2. The number of carbonyl (C=O) groups is 1. The molecule has 2 saturated heterocycles. The van der Waals surface area contributed by atoms with E-state index >= 15 is 0 Å². The van der Waals surface area contributed by atoms with E-state index in [9.17, 15) is 9.59 Å². The fraction of sp³-hybridized carbons (Fsp3) is 0.500. The summed E-state index contributed by atoms with van der Waals surface area (Å²) < 4.78 is 1.79. The van der Waals surface area contributed by atoms with Gasteiger partial charge in [-0.15, -0.1) is 0 Å². The SMILES string of the molecule is Cc1ccn(C2CCNCC2)c(=O)c1C(=O)N1CCC(Cc2ccccc2)CC1. The first kappa shape index (κ1) is 19.9. The van der Waals surface area contributed by atoms with Crippen molar-refractivity contribution in [3.8, 4) is 0 Å². The summed E-state index contributed by atoms with van der Waals surface area (Å²) in [5, 5.41) is 3.34. The van der Waals surface area contributed by atoms with Crippen molar-refractivity contribution in [2.24, 2.45) is 5.92 Å². The van der Waals surface area contributed by atoms with Gasteiger partial charge in [0.1, 0.15) is 5.56 Å². The quantitative estimate of drug-likeness (QED) is 0.868. The van der Waals surface area contributed by atoms with E-state index < -0.39 is 0 Å². The zero-order valence-electron chi connectivity index (χ0n) is 17.3. The third-order valence-corrected chi connectivity index (χ3v) is 6.51. The van der Waals surface area contributed by atoms with Gasteiger partial charge in [0.25, 0.3) is 11.5 Å². The van der Waals surface area contributed by atoms with Gasteiger partial charge < -0.3 is 14.8 Å². The van der Waals surface area contributed by atoms with Crippen LogP contribution in [0.5, 0.6) is 0 Å². The first-order valence-corrected chi connectivity index (χ1v) is 10.9. The van der Waals surface area contributed by atoms with E-state index in [0.717, 1.165) is 63.8 Å². The molecule has 2 aromatic rings. The number of pyridine rings is 1. The number of aryl methyl sites for hydroxylation is 1. The van der Waals surface area contributed by atoms with E-state index in [-0.39, 0.29) is 17.5 Å². The monoisotopic (exact) mass is 393 g/mol. The van der Waals surface area contributed by atoms with Crippen LogP contribution < -0.4 is 10.9 Å². The Labute approximate surface area is 172 Å². The summed E-state index contributed by atoms with van der Waals surface area (Å²) in [5.74, 6) is 0.513. The minimum absolute atomic E-state index is 0.0889. The lowest BCUT2D eigenvalue weighted by Gasteiger charge is -2.32. The number of amides is 1. The molecule has 0 aliphatic carbocycles. The van der Waals surface area contributed by atoms with Crippen LogP contribution in [0.3, 0.4) is 0 Å². The minimum atomic E-state index is -0.117. The van der Waals surface area contributed by atoms with Crippen molar-refractivity contribution in [1.82, 2.24) is 14.8 Å². The number of hydrogen-bond donors (Lipinski definition) is 1. The van der Waals surface area contributed by atoms with Crippen LogP contribution >= 0.6 is 0 Å². The standard InChI is InChI=1S/C24H31N3O2/c1-18-9-16-27(21-7-12-25-13-8-21)24(29)22(18)23(28)26-14-10-20(11-15-26)17-19-5-3-2-4-6-19/h2-6,9,16,20-21,25H,7-8,10-15,17H2,1H3. The first-order chi connectivity index (χ1) is 14.1. The second-order valence-corrected chi connectivity index (χ2v) is 8.49. The molecule has 3 heterocycles. The summed E-state index contributed by atoms with van der Waals surface area (Å²) in [4.78, 5) is 28.3. The highest BCUT2D eigenvalue weighted by molar-refractivity contribution is 5.95. The van der Waals surface area contributed by atoms with Gasteiger partial charge in [-0.2, -0.15) is 0 Å². The molecule has 0 saturated carbocycles. The molecule has 1 amide bonds. The third kappa shape index (κ3) is 4.45. The molecular weight excluding hydrogens is 362 g/mol. The Kier molecular flexibility index (Phi) is 6.14. The van der Waals surface area contributed by atoms with E-state index in [0.29, 0.717) is 11.5 Å². The van der Waals surface area contributed by atoms with Gasteiger partial charge in [-0.3, -0.25) is 9.59 Å². The van der Waals surface area contributed by atoms with Crippen molar-refractivity contribution < 1.29 is 4.79 Å². The number of rotatable bonds is 4. The van der Waals surface area contributed by atoms with Crippen molar-refractivity contribution in [2.75, 3.05) is 26.2 Å². The average Bonchev–Trinajstić information content (AvgIpc) is 2.76. The summed E-state index contributed by atoms with van der Waals surface area (Å²) >= 11 is 0. The molecule has 29 heavy (non-hydrogen) atoms. The van der Waals surface area contributed by atoms with Crippen LogP contribution in [0, 0.1) is 12.8 Å². The van der Waals surface area contributed by atoms with E-state index in [1.807, 2.05) is 30.2 Å². The Hall–Kier alpha value is -2.40. The summed E-state index contributed by atoms with van der Waals surface area (Å²) in [6.45, 7) is 5.19. The predicted molar refractivity (Wildman–Crippen MR) is 115 cm³/mol. The molecule has 1 N–H and O–H groups in total. The summed E-state index contributed by atoms with van der Waals surface area (Å²) in [6, 6.07) is 12.7. The minimum Gasteiger partial charge on any atom is -0.338 e. The largest absolute Gasteiger partial charge is 0.338 e. The average molecular weight is 394 g/mol. The fourth-order valence-electron chi connectivity index (χ4n) is 4.72. The van der Waals surface area contributed by atoms with Crippen LogP contribution in [0.15, 0.2) is 47.4 Å². The number of piperidine rings is 2. The molecule has 0 radical (unpaired) electrons. The number of benzene rings is 1. The van der Waals surface area contributed by atoms with Crippen LogP contribution in [-0.2, 0) is 6.42 Å². The molecule has 1 aromatic carbocycles. The highest BCUT2D eigenvalue weighted by Crippen LogP contribution is 2.23. The van der Waals surface area contributed by atoms with Crippen molar-refractivity contribution in [3.05, 3.63) is 69.6 Å². The fourth-order valence-corrected chi connectivity index (χ4v) is 4.72. The van der Waals surface area contributed by atoms with E-state index in [4.69, 9.17) is 0 Å². The molecule has 2 aliphatic rings. The van der Waals surface area contributed by atoms with Crippen LogP contribution in [-0.4, -0.2) is 41.6 Å². The Morgan fingerprint density at radius 2 is 1.72 bits per heavy atom. The zero-order chi connectivity index (χ0) is 20.2. The van der Waals surface area contributed by atoms with Gasteiger partial charge >= 0.3 is 0 Å². The highest BCUT2D eigenvalue weighted by atomic mass is 16.2. The topological polar surface area (TPSA) is 54.3 Å². The first-order valence-electron chi connectivity index (χ1n) is 10.9. The third-order valence-electron chi connectivity index (χ3n) is 6.51. The lowest BCUT2D eigenvalue weighted by atomic mass is 9.90. The van der Waals surface area contributed by atoms with Crippen LogP contribution in [0.25, 0.3) is 0 Å². The van der Waals surface area contributed by atoms with Gasteiger partial charge in [0.05, 0.1) is 0 Å². The maximum atomic E-state index is 13.2. The van der Waals surface area contributed by atoms with Crippen LogP contribution in [0.4, 0.5) is 0 Å². The Morgan fingerprint density at radius 3 is 2.41 bits per heavy atom. The number of aromatic nitrogens is 1. The number of likely N-dealkylation sites (tertiary alicyclic amines) is 1. The second kappa shape index (κ2) is 8.95. The number of nitrogens with zero attached hydrogens (tertiary/aromatic N) is 2. The molecular formula is C24H31N3O2. The van der Waals surface area contributed by atoms with Gasteiger partial charge in [-0.05, 0) is 75.2 Å². The maximum Gasteiger partial charge on any atom is 0.263 e. The van der Waals surface area contributed by atoms with Gasteiger partial charge in [0.15, 0.2) is 0 Å². The highest BCUT2D eigenvalue weighted by Gasteiger charge is 2.28. The van der Waals surface area contributed by atoms with Crippen molar-refractivity contribution in [3.63, 3.8) is 0 Å². The van der Waals surface area contributed by atoms with Crippen LogP contribution in [0.1, 0.15) is 53.2 Å². The predicted octanol–water partition coefficient (Wildman–Crippen LogP) is 3.18. The van der Waals surface area contributed by atoms with Crippen molar-refractivity contribution in [2.45, 2.75) is 45.1 Å². The molecule has 4 rings (SSSR count). The van der Waals surface area contributed by atoms with E-state index in [2.05, 4.69) is 29.6 Å². The van der Waals surface area contributed by atoms with E-state index in [1.165, 1.54) is 5.56 Å². The molecule has 1 aromatic heterocycles. The lowest BCUT2D eigenvalue weighted by molar-refractivity contribution is 0.0687. The summed E-state index contributed by atoms with van der Waals surface area (Å²) in [5.41, 5.74) is 2.40. The molecule has 154 valence electrons. The lowest BCUT2D eigenvalue weighted by Crippen LogP contribution is -2.43. The smallest absolute Gasteiger partial charge is 0.263 e. The van der Waals surface area contributed by atoms with Gasteiger partial charge in [0.2, 0.25) is 0 Å². The van der Waals surface area contributed by atoms with Gasteiger partial charge in [0, 0.05) is 25.3 Å². The summed E-state index contributed by atoms with van der Waals surface area (Å²) in [7, 11) is 0. The molecule has 0 atom stereocenters. The van der Waals surface area contributed by atoms with E-state index in [1.54, 1.807) is 4.57 Å². The van der Waals surface area contributed by atoms with Gasteiger partial charge in [-0.1, -0.05) is 30.3 Å². The second-order valence-electron chi connectivity index (χ2n) is 8.49. The normalized spacial score (nSPS) is 18.7. The Morgan fingerprint density at radius 1 is 1.03 bits per heavy atom. The van der Waals surface area contributed by atoms with Crippen molar-refractivity contribution in [1.29, 1.82) is 0 Å². The number of hydrogen-bond acceptors (Lipinski definition) is 3. The molecule has 2 aliphatic heterocycles. The molecule has 0 spiro atoms. The molecule has 2 fully saturated rings. The van der Waals surface area contributed by atoms with Gasteiger partial charge in [-0.25, -0.2) is 0 Å². The van der Waals surface area contributed by atoms with Crippen LogP contribution in [0.2, 0.25) is 0 Å². The Balaban J connectivity index is 1.45. The molecule has 5 nitrogen and oxygen atoms in total. The Bertz CT molecular complexity index is 892. The molecule has 0 unspecified atom stereocenters.